The lowest BCUT2D eigenvalue weighted by molar-refractivity contribution is 0.414. The number of benzene rings is 2. The molecule has 0 saturated carbocycles. The maximum absolute atomic E-state index is 5.21. The fraction of sp³-hybridized carbons (Fsp3) is 0.278. The van der Waals surface area contributed by atoms with Crippen LogP contribution in [0, 0.1) is 0 Å². The van der Waals surface area contributed by atoms with Gasteiger partial charge in [0.2, 0.25) is 0 Å². The largest absolute Gasteiger partial charge is 0.497 e. The van der Waals surface area contributed by atoms with Crippen LogP contribution in [0.4, 0.5) is 0 Å². The number of para-hydroxylation sites is 2. The Morgan fingerprint density at radius 1 is 1.05 bits per heavy atom. The number of fused-ring (bicyclic) bond motifs is 1. The van der Waals surface area contributed by atoms with Crippen LogP contribution in [-0.4, -0.2) is 16.7 Å². The molecule has 3 aromatic rings. The molecule has 1 heterocycles. The topological polar surface area (TPSA) is 27.1 Å². The molecule has 3 nitrogen and oxygen atoms in total. The van der Waals surface area contributed by atoms with E-state index in [1.807, 2.05) is 18.2 Å². The Kier molecular flexibility index (Phi) is 5.45. The normalized spacial score (nSPS) is 10.5. The summed E-state index contributed by atoms with van der Waals surface area (Å²) < 4.78 is 7.54. The predicted molar refractivity (Wildman–Crippen MR) is 93.1 cm³/mol. The number of aromatic nitrogens is 2. The van der Waals surface area contributed by atoms with E-state index in [2.05, 4.69) is 41.8 Å². The second kappa shape index (κ2) is 7.32. The third kappa shape index (κ3) is 3.25. The van der Waals surface area contributed by atoms with Crippen LogP contribution in [0.2, 0.25) is 0 Å². The van der Waals surface area contributed by atoms with E-state index in [9.17, 15) is 0 Å². The minimum atomic E-state index is 0. The quantitative estimate of drug-likeness (QED) is 0.694. The van der Waals surface area contributed by atoms with E-state index >= 15 is 0 Å². The number of hydrogen-bond donors (Lipinski definition) is 0. The standard InChI is InChI=1S/C18H20N2O.ClH/c1-3-12-20-17-7-5-4-6-16(17)19-18(20)13-14-8-10-15(21-2)11-9-14;/h4-11H,3,12-13H2,1-2H3;1H. The second-order valence-electron chi connectivity index (χ2n) is 5.19. The molecular weight excluding hydrogens is 296 g/mol. The molecule has 3 rings (SSSR count). The van der Waals surface area contributed by atoms with Crippen molar-refractivity contribution < 1.29 is 4.74 Å². The van der Waals surface area contributed by atoms with Gasteiger partial charge in [0.15, 0.2) is 0 Å². The van der Waals surface area contributed by atoms with Gasteiger partial charge in [-0.15, -0.1) is 12.4 Å². The monoisotopic (exact) mass is 316 g/mol. The van der Waals surface area contributed by atoms with E-state index in [1.165, 1.54) is 11.1 Å². The summed E-state index contributed by atoms with van der Waals surface area (Å²) in [6, 6.07) is 16.6. The van der Waals surface area contributed by atoms with Gasteiger partial charge in [-0.3, -0.25) is 0 Å². The van der Waals surface area contributed by atoms with Gasteiger partial charge in [-0.1, -0.05) is 31.2 Å². The molecule has 0 spiro atoms. The van der Waals surface area contributed by atoms with Gasteiger partial charge in [0.05, 0.1) is 18.1 Å². The van der Waals surface area contributed by atoms with Gasteiger partial charge in [0.1, 0.15) is 11.6 Å². The fourth-order valence-electron chi connectivity index (χ4n) is 2.66. The van der Waals surface area contributed by atoms with Crippen LogP contribution in [0.1, 0.15) is 24.7 Å². The van der Waals surface area contributed by atoms with Gasteiger partial charge in [0, 0.05) is 13.0 Å². The van der Waals surface area contributed by atoms with Crippen molar-refractivity contribution in [2.45, 2.75) is 26.3 Å². The lowest BCUT2D eigenvalue weighted by Gasteiger charge is -2.08. The lowest BCUT2D eigenvalue weighted by Crippen LogP contribution is -2.04. The highest BCUT2D eigenvalue weighted by Gasteiger charge is 2.10. The van der Waals surface area contributed by atoms with E-state index in [4.69, 9.17) is 9.72 Å². The zero-order valence-electron chi connectivity index (χ0n) is 13.0. The summed E-state index contributed by atoms with van der Waals surface area (Å²) in [4.78, 5) is 4.80. The smallest absolute Gasteiger partial charge is 0.118 e. The number of nitrogens with zero attached hydrogens (tertiary/aromatic N) is 2. The van der Waals surface area contributed by atoms with E-state index in [1.54, 1.807) is 7.11 Å². The molecule has 116 valence electrons. The van der Waals surface area contributed by atoms with Crippen molar-refractivity contribution in [3.8, 4) is 5.75 Å². The number of rotatable bonds is 5. The van der Waals surface area contributed by atoms with Crippen molar-refractivity contribution in [1.82, 2.24) is 9.55 Å². The molecule has 4 heteroatoms. The van der Waals surface area contributed by atoms with Gasteiger partial charge >= 0.3 is 0 Å². The third-order valence-corrected chi connectivity index (χ3v) is 3.70. The van der Waals surface area contributed by atoms with Crippen LogP contribution in [-0.2, 0) is 13.0 Å². The summed E-state index contributed by atoms with van der Waals surface area (Å²) in [6.45, 7) is 3.21. The maximum atomic E-state index is 5.21. The Morgan fingerprint density at radius 2 is 1.77 bits per heavy atom. The van der Waals surface area contributed by atoms with Crippen molar-refractivity contribution in [2.75, 3.05) is 7.11 Å². The highest BCUT2D eigenvalue weighted by Crippen LogP contribution is 2.20. The number of imidazole rings is 1. The van der Waals surface area contributed by atoms with Crippen LogP contribution in [0.5, 0.6) is 5.75 Å². The molecule has 2 aromatic carbocycles. The van der Waals surface area contributed by atoms with Gasteiger partial charge in [0.25, 0.3) is 0 Å². The van der Waals surface area contributed by atoms with Crippen LogP contribution >= 0.6 is 12.4 Å². The minimum Gasteiger partial charge on any atom is -0.497 e. The summed E-state index contributed by atoms with van der Waals surface area (Å²) in [7, 11) is 1.69. The SMILES string of the molecule is CCCn1c(Cc2ccc(OC)cc2)nc2ccccc21.Cl. The Bertz CT molecular complexity index is 734. The predicted octanol–water partition coefficient (Wildman–Crippen LogP) is 4.47. The molecular formula is C18H21ClN2O. The molecule has 0 aliphatic carbocycles. The Morgan fingerprint density at radius 3 is 2.45 bits per heavy atom. The highest BCUT2D eigenvalue weighted by atomic mass is 35.5. The minimum absolute atomic E-state index is 0. The van der Waals surface area contributed by atoms with E-state index < -0.39 is 0 Å². The molecule has 0 atom stereocenters. The number of aryl methyl sites for hydroxylation is 1. The first-order valence-electron chi connectivity index (χ1n) is 7.39. The fourth-order valence-corrected chi connectivity index (χ4v) is 2.66. The summed E-state index contributed by atoms with van der Waals surface area (Å²) >= 11 is 0. The lowest BCUT2D eigenvalue weighted by atomic mass is 10.1. The summed E-state index contributed by atoms with van der Waals surface area (Å²) in [5.74, 6) is 2.02. The van der Waals surface area contributed by atoms with Crippen molar-refractivity contribution in [3.05, 3.63) is 59.9 Å². The molecule has 1 aromatic heterocycles. The van der Waals surface area contributed by atoms with Crippen molar-refractivity contribution in [1.29, 1.82) is 0 Å². The first kappa shape index (κ1) is 16.4. The molecule has 0 saturated heterocycles. The zero-order chi connectivity index (χ0) is 14.7. The summed E-state index contributed by atoms with van der Waals surface area (Å²) in [5.41, 5.74) is 3.56. The summed E-state index contributed by atoms with van der Waals surface area (Å²) in [6.07, 6.45) is 1.95. The molecule has 0 aliphatic heterocycles. The van der Waals surface area contributed by atoms with Gasteiger partial charge in [-0.25, -0.2) is 4.98 Å². The Balaban J connectivity index is 0.00000176. The van der Waals surface area contributed by atoms with Crippen LogP contribution in [0.25, 0.3) is 11.0 Å². The summed E-state index contributed by atoms with van der Waals surface area (Å²) in [5, 5.41) is 0. The number of methoxy groups -OCH3 is 1. The van der Waals surface area contributed by atoms with Crippen LogP contribution < -0.4 is 4.74 Å². The molecule has 0 N–H and O–H groups in total. The highest BCUT2D eigenvalue weighted by molar-refractivity contribution is 5.85. The molecule has 22 heavy (non-hydrogen) atoms. The number of halogens is 1. The Hall–Kier alpha value is -2.00. The Labute approximate surface area is 137 Å². The first-order chi connectivity index (χ1) is 10.3. The molecule has 0 radical (unpaired) electrons. The van der Waals surface area contributed by atoms with Crippen molar-refractivity contribution in [2.24, 2.45) is 0 Å². The van der Waals surface area contributed by atoms with E-state index in [0.717, 1.165) is 36.5 Å². The van der Waals surface area contributed by atoms with E-state index in [-0.39, 0.29) is 12.4 Å². The van der Waals surface area contributed by atoms with E-state index in [0.29, 0.717) is 0 Å². The van der Waals surface area contributed by atoms with Gasteiger partial charge in [-0.2, -0.15) is 0 Å². The number of ether oxygens (including phenoxy) is 1. The van der Waals surface area contributed by atoms with Crippen LogP contribution in [0.15, 0.2) is 48.5 Å². The molecule has 0 amide bonds. The van der Waals surface area contributed by atoms with Crippen LogP contribution in [0.3, 0.4) is 0 Å². The average Bonchev–Trinajstić information content (AvgIpc) is 2.86. The van der Waals surface area contributed by atoms with Gasteiger partial charge in [-0.05, 0) is 36.2 Å². The molecule has 0 unspecified atom stereocenters. The van der Waals surface area contributed by atoms with Gasteiger partial charge < -0.3 is 9.30 Å². The molecule has 0 fully saturated rings. The molecule has 0 bridgehead atoms. The zero-order valence-corrected chi connectivity index (χ0v) is 13.8. The van der Waals surface area contributed by atoms with Crippen molar-refractivity contribution >= 4 is 23.4 Å². The third-order valence-electron chi connectivity index (χ3n) is 3.70. The maximum Gasteiger partial charge on any atom is 0.118 e. The van der Waals surface area contributed by atoms with Crippen molar-refractivity contribution in [3.63, 3.8) is 0 Å². The first-order valence-corrected chi connectivity index (χ1v) is 7.39. The second-order valence-corrected chi connectivity index (χ2v) is 5.19. The average molecular weight is 317 g/mol. The molecule has 0 aliphatic rings. The number of hydrogen-bond acceptors (Lipinski definition) is 2.